The summed E-state index contributed by atoms with van der Waals surface area (Å²) in [4.78, 5) is 25.5. The largest absolute Gasteiger partial charge is 0.478 e. The van der Waals surface area contributed by atoms with Gasteiger partial charge in [0.15, 0.2) is 6.29 Å². The summed E-state index contributed by atoms with van der Waals surface area (Å²) < 4.78 is 13.1. The Morgan fingerprint density at radius 1 is 0.769 bits per heavy atom. The Morgan fingerprint density at radius 3 is 2.08 bits per heavy atom. The number of aliphatic hydroxyl groups is 1. The second-order valence-corrected chi connectivity index (χ2v) is 16.4. The number of carboxylic acids is 1. The summed E-state index contributed by atoms with van der Waals surface area (Å²) in [5.74, 6) is 2.06. The van der Waals surface area contributed by atoms with Gasteiger partial charge in [0.25, 0.3) is 0 Å². The molecule has 3 atom stereocenters. The van der Waals surface area contributed by atoms with Gasteiger partial charge in [-0.05, 0) is 108 Å². The molecule has 4 N–H and O–H groups in total. The lowest BCUT2D eigenvalue weighted by Gasteiger charge is -2.56. The molecule has 4 aromatic rings. The van der Waals surface area contributed by atoms with Crippen LogP contribution in [0, 0.1) is 17.8 Å². The fourth-order valence-electron chi connectivity index (χ4n) is 9.41. The van der Waals surface area contributed by atoms with Crippen LogP contribution in [0.25, 0.3) is 11.1 Å². The van der Waals surface area contributed by atoms with E-state index in [0.717, 1.165) is 75.3 Å². The van der Waals surface area contributed by atoms with Crippen LogP contribution in [-0.4, -0.2) is 39.6 Å². The smallest absolute Gasteiger partial charge is 0.335 e. The SMILES string of the molecule is O=C(NCc1ccccc1-c1ccc(C2OC(CSc3ccc(C(=O)O)cc3)CC(c3ccc(CO)cc3)O2)cc1)NC12CC3CC(CC(C3)C1)C2. The molecule has 0 spiro atoms. The summed E-state index contributed by atoms with van der Waals surface area (Å²) in [7, 11) is 0. The number of rotatable bonds is 11. The molecule has 5 fully saturated rings. The van der Waals surface area contributed by atoms with Gasteiger partial charge in [0.2, 0.25) is 0 Å². The third-order valence-electron chi connectivity index (χ3n) is 11.5. The van der Waals surface area contributed by atoms with Crippen molar-refractivity contribution in [2.75, 3.05) is 5.75 Å². The van der Waals surface area contributed by atoms with Crippen molar-refractivity contribution in [2.45, 2.75) is 87.0 Å². The first-order valence-corrected chi connectivity index (χ1v) is 19.5. The molecule has 0 radical (unpaired) electrons. The zero-order valence-corrected chi connectivity index (χ0v) is 30.0. The number of benzene rings is 4. The zero-order valence-electron chi connectivity index (χ0n) is 29.2. The average Bonchev–Trinajstić information content (AvgIpc) is 3.16. The molecule has 5 aliphatic rings. The van der Waals surface area contributed by atoms with E-state index in [9.17, 15) is 19.8 Å². The summed E-state index contributed by atoms with van der Waals surface area (Å²) in [6.45, 7) is 0.429. The van der Waals surface area contributed by atoms with E-state index in [4.69, 9.17) is 9.47 Å². The van der Waals surface area contributed by atoms with Crippen molar-refractivity contribution in [3.8, 4) is 11.1 Å². The van der Waals surface area contributed by atoms with Crippen molar-refractivity contribution in [1.82, 2.24) is 10.6 Å². The van der Waals surface area contributed by atoms with E-state index in [-0.39, 0.29) is 35.9 Å². The van der Waals surface area contributed by atoms with Crippen LogP contribution < -0.4 is 10.6 Å². The van der Waals surface area contributed by atoms with E-state index < -0.39 is 12.3 Å². The summed E-state index contributed by atoms with van der Waals surface area (Å²) in [5.41, 5.74) is 6.19. The topological polar surface area (TPSA) is 117 Å². The Hall–Kier alpha value is -4.15. The predicted molar refractivity (Wildman–Crippen MR) is 201 cm³/mol. The molecular weight excluding hydrogens is 673 g/mol. The third kappa shape index (κ3) is 7.78. The van der Waals surface area contributed by atoms with E-state index in [2.05, 4.69) is 47.0 Å². The minimum atomic E-state index is -0.941. The molecule has 4 aliphatic carbocycles. The van der Waals surface area contributed by atoms with E-state index in [1.54, 1.807) is 23.9 Å². The van der Waals surface area contributed by atoms with E-state index in [1.165, 1.54) is 19.3 Å². The van der Waals surface area contributed by atoms with Gasteiger partial charge in [0.05, 0.1) is 24.4 Å². The number of urea groups is 1. The first kappa shape index (κ1) is 34.9. The molecule has 4 bridgehead atoms. The van der Waals surface area contributed by atoms with Gasteiger partial charge in [-0.15, -0.1) is 11.8 Å². The van der Waals surface area contributed by atoms with Gasteiger partial charge >= 0.3 is 12.0 Å². The van der Waals surface area contributed by atoms with E-state index in [1.807, 2.05) is 48.5 Å². The van der Waals surface area contributed by atoms with Crippen molar-refractivity contribution in [3.63, 3.8) is 0 Å². The molecule has 8 nitrogen and oxygen atoms in total. The highest BCUT2D eigenvalue weighted by molar-refractivity contribution is 7.99. The van der Waals surface area contributed by atoms with Gasteiger partial charge in [-0.3, -0.25) is 0 Å². The Labute approximate surface area is 309 Å². The molecule has 2 amide bonds. The normalized spacial score (nSPS) is 27.6. The van der Waals surface area contributed by atoms with Crippen LogP contribution in [0.5, 0.6) is 0 Å². The van der Waals surface area contributed by atoms with Crippen LogP contribution >= 0.6 is 11.8 Å². The van der Waals surface area contributed by atoms with Crippen molar-refractivity contribution >= 4 is 23.8 Å². The fourth-order valence-corrected chi connectivity index (χ4v) is 10.3. The Bertz CT molecular complexity index is 1840. The molecule has 1 heterocycles. The minimum absolute atomic E-state index is 0.0158. The Balaban J connectivity index is 0.945. The van der Waals surface area contributed by atoms with Crippen molar-refractivity contribution in [2.24, 2.45) is 17.8 Å². The van der Waals surface area contributed by atoms with Gasteiger partial charge < -0.3 is 30.3 Å². The fraction of sp³-hybridized carbons (Fsp3) is 0.395. The summed E-state index contributed by atoms with van der Waals surface area (Å²) >= 11 is 1.63. The monoisotopic (exact) mass is 718 g/mol. The summed E-state index contributed by atoms with van der Waals surface area (Å²) in [5, 5.41) is 25.4. The van der Waals surface area contributed by atoms with Crippen LogP contribution in [0.1, 0.15) is 90.0 Å². The minimum Gasteiger partial charge on any atom is -0.478 e. The van der Waals surface area contributed by atoms with Crippen LogP contribution in [0.2, 0.25) is 0 Å². The average molecular weight is 719 g/mol. The van der Waals surface area contributed by atoms with Gasteiger partial charge in [-0.1, -0.05) is 72.8 Å². The number of amides is 2. The number of aliphatic hydroxyl groups excluding tert-OH is 1. The maximum absolute atomic E-state index is 13.2. The van der Waals surface area contributed by atoms with Crippen molar-refractivity contribution in [3.05, 3.63) is 125 Å². The second-order valence-electron chi connectivity index (χ2n) is 15.3. The van der Waals surface area contributed by atoms with Gasteiger partial charge in [0.1, 0.15) is 0 Å². The molecule has 4 saturated carbocycles. The molecule has 4 aromatic carbocycles. The van der Waals surface area contributed by atoms with Crippen LogP contribution in [-0.2, 0) is 22.6 Å². The quantitative estimate of drug-likeness (QED) is 0.115. The van der Waals surface area contributed by atoms with E-state index >= 15 is 0 Å². The number of thioether (sulfide) groups is 1. The third-order valence-corrected chi connectivity index (χ3v) is 12.7. The number of ether oxygens (including phenoxy) is 2. The van der Waals surface area contributed by atoms with Gasteiger partial charge in [-0.2, -0.15) is 0 Å². The number of carboxylic acid groups (broad SMARTS) is 1. The van der Waals surface area contributed by atoms with Gasteiger partial charge in [-0.25, -0.2) is 9.59 Å². The molecular formula is C43H46N2O6S. The maximum Gasteiger partial charge on any atom is 0.335 e. The summed E-state index contributed by atoms with van der Waals surface area (Å²) in [6.07, 6.45) is 7.16. The molecule has 1 aliphatic heterocycles. The lowest BCUT2D eigenvalue weighted by Crippen LogP contribution is -2.61. The highest BCUT2D eigenvalue weighted by Crippen LogP contribution is 2.55. The number of hydrogen-bond donors (Lipinski definition) is 4. The Morgan fingerprint density at radius 2 is 1.42 bits per heavy atom. The summed E-state index contributed by atoms with van der Waals surface area (Å²) in [6, 6.07) is 31.2. The maximum atomic E-state index is 13.2. The first-order chi connectivity index (χ1) is 25.3. The van der Waals surface area contributed by atoms with Crippen molar-refractivity contribution in [1.29, 1.82) is 0 Å². The standard InChI is InChI=1S/C43H46N2O6S/c46-25-27-5-7-32(8-6-27)39-20-36(26-52-37-15-13-33(14-16-37)40(47)48)50-41(51-39)34-11-9-31(10-12-34)38-4-2-1-3-35(38)24-44-42(49)45-43-21-28-17-29(22-43)19-30(18-28)23-43/h1-16,28-30,36,39,41,46H,17-26H2,(H,47,48)(H2,44,45,49). The molecule has 0 aromatic heterocycles. The molecule has 270 valence electrons. The number of aromatic carboxylic acids is 1. The molecule has 3 unspecified atom stereocenters. The molecule has 9 heteroatoms. The van der Waals surface area contributed by atoms with Crippen LogP contribution in [0.4, 0.5) is 4.79 Å². The van der Waals surface area contributed by atoms with Crippen LogP contribution in [0.15, 0.2) is 102 Å². The molecule has 9 rings (SSSR count). The number of hydrogen-bond acceptors (Lipinski definition) is 6. The number of nitrogens with one attached hydrogen (secondary N) is 2. The lowest BCUT2D eigenvalue weighted by molar-refractivity contribution is -0.245. The highest BCUT2D eigenvalue weighted by Gasteiger charge is 2.51. The second kappa shape index (κ2) is 15.1. The molecule has 1 saturated heterocycles. The Kier molecular flexibility index (Phi) is 10.1. The van der Waals surface area contributed by atoms with E-state index in [0.29, 0.717) is 18.7 Å². The van der Waals surface area contributed by atoms with Gasteiger partial charge in [0, 0.05) is 34.7 Å². The lowest BCUT2D eigenvalue weighted by atomic mass is 9.53. The highest BCUT2D eigenvalue weighted by atomic mass is 32.2. The van der Waals surface area contributed by atoms with Crippen molar-refractivity contribution < 1.29 is 29.3 Å². The predicted octanol–water partition coefficient (Wildman–Crippen LogP) is 8.65. The van der Waals surface area contributed by atoms with Crippen LogP contribution in [0.3, 0.4) is 0 Å². The molecule has 52 heavy (non-hydrogen) atoms. The number of carbonyl (C=O) groups is 2. The zero-order chi connectivity index (χ0) is 35.7. The number of carbonyl (C=O) groups excluding carboxylic acids is 1. The first-order valence-electron chi connectivity index (χ1n) is 18.5.